The first kappa shape index (κ1) is 19.7. The maximum atomic E-state index is 13.7. The molecule has 0 heterocycles. The topological polar surface area (TPSA) is 76.7 Å². The number of carbonyl (C=O) groups is 2. The molecule has 2 N–H and O–H groups in total. The second kappa shape index (κ2) is 8.29. The number of amides is 2. The van der Waals surface area contributed by atoms with Crippen LogP contribution in [0.15, 0.2) is 42.5 Å². The molecule has 1 fully saturated rings. The molecule has 2 amide bonds. The Balaban J connectivity index is 1.59. The summed E-state index contributed by atoms with van der Waals surface area (Å²) >= 11 is 0. The molecule has 1 saturated carbocycles. The Hall–Kier alpha value is -3.09. The lowest BCUT2D eigenvalue weighted by molar-refractivity contribution is -0.134. The molecule has 7 heteroatoms. The highest BCUT2D eigenvalue weighted by Crippen LogP contribution is 2.47. The van der Waals surface area contributed by atoms with E-state index in [1.54, 1.807) is 36.4 Å². The summed E-state index contributed by atoms with van der Waals surface area (Å²) < 4.78 is 24.1. The lowest BCUT2D eigenvalue weighted by Crippen LogP contribution is -2.40. The van der Waals surface area contributed by atoms with Gasteiger partial charge in [-0.25, -0.2) is 4.39 Å². The third-order valence-corrected chi connectivity index (χ3v) is 4.90. The summed E-state index contributed by atoms with van der Waals surface area (Å²) in [5, 5.41) is 5.53. The van der Waals surface area contributed by atoms with Crippen LogP contribution in [0.5, 0.6) is 11.5 Å². The number of anilines is 1. The van der Waals surface area contributed by atoms with E-state index in [0.717, 1.165) is 0 Å². The first-order chi connectivity index (χ1) is 13.5. The van der Waals surface area contributed by atoms with Crippen molar-refractivity contribution in [1.82, 2.24) is 5.32 Å². The van der Waals surface area contributed by atoms with Crippen LogP contribution in [0.3, 0.4) is 0 Å². The van der Waals surface area contributed by atoms with Crippen LogP contribution in [0, 0.1) is 11.2 Å². The molecule has 1 aliphatic carbocycles. The molecule has 6 nitrogen and oxygen atoms in total. The number of ether oxygens (including phenoxy) is 2. The Kier molecular flexibility index (Phi) is 5.82. The van der Waals surface area contributed by atoms with Crippen molar-refractivity contribution in [3.8, 4) is 11.5 Å². The fourth-order valence-corrected chi connectivity index (χ4v) is 3.03. The quantitative estimate of drug-likeness (QED) is 0.684. The average molecular weight is 386 g/mol. The second-order valence-corrected chi connectivity index (χ2v) is 6.70. The largest absolute Gasteiger partial charge is 0.493 e. The van der Waals surface area contributed by atoms with Crippen LogP contribution in [0.1, 0.15) is 18.4 Å². The Morgan fingerprint density at radius 3 is 2.39 bits per heavy atom. The molecule has 0 aliphatic heterocycles. The fourth-order valence-electron chi connectivity index (χ4n) is 3.03. The molecular weight excluding hydrogens is 363 g/mol. The van der Waals surface area contributed by atoms with Gasteiger partial charge in [0.15, 0.2) is 11.5 Å². The van der Waals surface area contributed by atoms with Crippen molar-refractivity contribution in [2.24, 2.45) is 5.41 Å². The normalized spacial score (nSPS) is 14.1. The van der Waals surface area contributed by atoms with Gasteiger partial charge in [0.1, 0.15) is 11.2 Å². The highest BCUT2D eigenvalue weighted by molar-refractivity contribution is 6.13. The predicted molar refractivity (Wildman–Crippen MR) is 103 cm³/mol. The molecule has 0 aromatic heterocycles. The van der Waals surface area contributed by atoms with E-state index in [9.17, 15) is 14.0 Å². The van der Waals surface area contributed by atoms with Crippen LogP contribution < -0.4 is 20.1 Å². The van der Waals surface area contributed by atoms with E-state index >= 15 is 0 Å². The summed E-state index contributed by atoms with van der Waals surface area (Å²) in [5.41, 5.74) is -0.0157. The van der Waals surface area contributed by atoms with Gasteiger partial charge in [-0.1, -0.05) is 18.2 Å². The van der Waals surface area contributed by atoms with E-state index in [4.69, 9.17) is 9.47 Å². The highest BCUT2D eigenvalue weighted by Gasteiger charge is 2.56. The minimum absolute atomic E-state index is 0.269. The number of benzene rings is 2. The van der Waals surface area contributed by atoms with E-state index in [-0.39, 0.29) is 24.2 Å². The Bertz CT molecular complexity index is 880. The van der Waals surface area contributed by atoms with Crippen LogP contribution in [-0.4, -0.2) is 32.6 Å². The van der Waals surface area contributed by atoms with Crippen molar-refractivity contribution < 1.29 is 23.5 Å². The highest BCUT2D eigenvalue weighted by atomic mass is 19.1. The number of nitrogens with one attached hydrogen (secondary N) is 2. The van der Waals surface area contributed by atoms with Crippen molar-refractivity contribution in [3.05, 3.63) is 53.8 Å². The smallest absolute Gasteiger partial charge is 0.240 e. The summed E-state index contributed by atoms with van der Waals surface area (Å²) in [6.45, 7) is 0.269. The number of carbonyl (C=O) groups excluding carboxylic acids is 2. The van der Waals surface area contributed by atoms with E-state index in [1.807, 2.05) is 0 Å². The summed E-state index contributed by atoms with van der Waals surface area (Å²) in [7, 11) is 3.04. The van der Waals surface area contributed by atoms with Crippen molar-refractivity contribution in [1.29, 1.82) is 0 Å². The molecule has 2 aromatic rings. The average Bonchev–Trinajstić information content (AvgIpc) is 3.51. The molecule has 0 atom stereocenters. The van der Waals surface area contributed by atoms with E-state index < -0.39 is 5.41 Å². The summed E-state index contributed by atoms with van der Waals surface area (Å²) in [4.78, 5) is 25.2. The molecular formula is C21H23FN2O4. The molecule has 2 aromatic carbocycles. The zero-order chi connectivity index (χ0) is 20.1. The lowest BCUT2D eigenvalue weighted by Gasteiger charge is -2.16. The number of hydrogen-bond acceptors (Lipinski definition) is 4. The van der Waals surface area contributed by atoms with Crippen LogP contribution in [0.25, 0.3) is 0 Å². The maximum absolute atomic E-state index is 13.7. The minimum Gasteiger partial charge on any atom is -0.493 e. The lowest BCUT2D eigenvalue weighted by atomic mass is 10.0. The molecule has 0 saturated heterocycles. The summed E-state index contributed by atoms with van der Waals surface area (Å²) in [5.74, 6) is 0.0426. The van der Waals surface area contributed by atoms with E-state index in [1.165, 1.54) is 20.3 Å². The van der Waals surface area contributed by atoms with Gasteiger partial charge in [-0.15, -0.1) is 0 Å². The van der Waals surface area contributed by atoms with Crippen molar-refractivity contribution in [2.45, 2.75) is 19.3 Å². The molecule has 0 unspecified atom stereocenters. The Morgan fingerprint density at radius 2 is 1.75 bits per heavy atom. The third kappa shape index (κ3) is 4.08. The number of methoxy groups -OCH3 is 2. The first-order valence-electron chi connectivity index (χ1n) is 9.05. The third-order valence-electron chi connectivity index (χ3n) is 4.90. The molecule has 0 spiro atoms. The summed E-state index contributed by atoms with van der Waals surface area (Å²) in [6.07, 6.45) is 1.33. The van der Waals surface area contributed by atoms with Gasteiger partial charge in [0.05, 0.1) is 14.2 Å². The van der Waals surface area contributed by atoms with Gasteiger partial charge in [0.2, 0.25) is 11.8 Å². The maximum Gasteiger partial charge on any atom is 0.240 e. The first-order valence-corrected chi connectivity index (χ1v) is 9.05. The van der Waals surface area contributed by atoms with Gasteiger partial charge >= 0.3 is 0 Å². The molecule has 0 radical (unpaired) electrons. The monoisotopic (exact) mass is 386 g/mol. The molecule has 1 aliphatic rings. The molecule has 28 heavy (non-hydrogen) atoms. The molecule has 0 bridgehead atoms. The molecule has 148 valence electrons. The van der Waals surface area contributed by atoms with Crippen LogP contribution >= 0.6 is 0 Å². The zero-order valence-electron chi connectivity index (χ0n) is 15.9. The Labute approximate surface area is 163 Å². The van der Waals surface area contributed by atoms with Gasteiger partial charge in [0.25, 0.3) is 0 Å². The fraction of sp³-hybridized carbons (Fsp3) is 0.333. The number of hydrogen-bond donors (Lipinski definition) is 2. The Morgan fingerprint density at radius 1 is 1.04 bits per heavy atom. The van der Waals surface area contributed by atoms with E-state index in [2.05, 4.69) is 10.6 Å². The van der Waals surface area contributed by atoms with Crippen molar-refractivity contribution >= 4 is 17.5 Å². The van der Waals surface area contributed by atoms with Gasteiger partial charge in [-0.2, -0.15) is 0 Å². The number of halogens is 1. The van der Waals surface area contributed by atoms with Gasteiger partial charge in [0, 0.05) is 18.3 Å². The van der Waals surface area contributed by atoms with Gasteiger partial charge < -0.3 is 20.1 Å². The predicted octanol–water partition coefficient (Wildman–Crippen LogP) is 2.92. The van der Waals surface area contributed by atoms with Crippen molar-refractivity contribution in [3.63, 3.8) is 0 Å². The van der Waals surface area contributed by atoms with Crippen molar-refractivity contribution in [2.75, 3.05) is 26.1 Å². The van der Waals surface area contributed by atoms with Gasteiger partial charge in [-0.05, 0) is 43.0 Å². The van der Waals surface area contributed by atoms with Crippen LogP contribution in [0.2, 0.25) is 0 Å². The second-order valence-electron chi connectivity index (χ2n) is 6.70. The number of rotatable bonds is 8. The standard InChI is InChI=1S/C21H23FN2O4/c1-27-17-8-7-15(13-18(17)28-2)24-20(26)21(10-11-21)19(25)23-12-9-14-5-3-4-6-16(14)22/h3-8,13H,9-12H2,1-2H3,(H,23,25)(H,24,26). The zero-order valence-corrected chi connectivity index (χ0v) is 15.9. The SMILES string of the molecule is COc1ccc(NC(=O)C2(C(=O)NCCc3ccccc3F)CC2)cc1OC. The van der Waals surface area contributed by atoms with E-state index in [0.29, 0.717) is 42.0 Å². The van der Waals surface area contributed by atoms with Crippen LogP contribution in [-0.2, 0) is 16.0 Å². The summed E-state index contributed by atoms with van der Waals surface area (Å²) in [6, 6.07) is 11.4. The molecule has 3 rings (SSSR count). The minimum atomic E-state index is -1.07. The van der Waals surface area contributed by atoms with Gasteiger partial charge in [-0.3, -0.25) is 9.59 Å². The van der Waals surface area contributed by atoms with Crippen LogP contribution in [0.4, 0.5) is 10.1 Å².